The van der Waals surface area contributed by atoms with Gasteiger partial charge in [0.15, 0.2) is 0 Å². The first-order chi connectivity index (χ1) is 10.8. The van der Waals surface area contributed by atoms with Gasteiger partial charge in [-0.05, 0) is 30.4 Å². The number of hydrogen-bond donors (Lipinski definition) is 0. The Morgan fingerprint density at radius 1 is 0.818 bits per heavy atom. The van der Waals surface area contributed by atoms with Gasteiger partial charge in [-0.15, -0.1) is 0 Å². The van der Waals surface area contributed by atoms with Crippen molar-refractivity contribution in [2.75, 3.05) is 0 Å². The monoisotopic (exact) mass is 292 g/mol. The molecule has 0 N–H and O–H groups in total. The summed E-state index contributed by atoms with van der Waals surface area (Å²) in [7, 11) is 0. The molecular formula is C21H24O. The van der Waals surface area contributed by atoms with E-state index in [-0.39, 0.29) is 5.92 Å². The van der Waals surface area contributed by atoms with Crippen LogP contribution in [0.1, 0.15) is 55.6 Å². The molecule has 0 bridgehead atoms. The molecule has 1 atom stereocenters. The average molecular weight is 292 g/mol. The maximum absolute atomic E-state index is 12.4. The van der Waals surface area contributed by atoms with Gasteiger partial charge in [-0.3, -0.25) is 4.79 Å². The molecule has 0 aromatic heterocycles. The van der Waals surface area contributed by atoms with Gasteiger partial charge in [-0.1, -0.05) is 73.5 Å². The van der Waals surface area contributed by atoms with Crippen LogP contribution in [-0.2, 0) is 4.79 Å². The minimum Gasteiger partial charge on any atom is -0.299 e. The van der Waals surface area contributed by atoms with E-state index < -0.39 is 0 Å². The summed E-state index contributed by atoms with van der Waals surface area (Å²) in [4.78, 5) is 12.4. The first-order valence-corrected chi connectivity index (χ1v) is 8.47. The van der Waals surface area contributed by atoms with E-state index in [9.17, 15) is 4.79 Å². The van der Waals surface area contributed by atoms with Gasteiger partial charge in [0.05, 0.1) is 0 Å². The quantitative estimate of drug-likeness (QED) is 0.693. The van der Waals surface area contributed by atoms with Gasteiger partial charge in [0.1, 0.15) is 5.78 Å². The second-order valence-corrected chi connectivity index (χ2v) is 6.37. The Bertz CT molecular complexity index is 548. The Morgan fingerprint density at radius 2 is 1.41 bits per heavy atom. The fourth-order valence-electron chi connectivity index (χ4n) is 3.60. The van der Waals surface area contributed by atoms with E-state index in [1.54, 1.807) is 0 Å². The Morgan fingerprint density at radius 3 is 2.00 bits per heavy atom. The van der Waals surface area contributed by atoms with Crippen LogP contribution in [-0.4, -0.2) is 5.78 Å². The third kappa shape index (κ3) is 3.65. The number of ketones is 1. The third-order valence-electron chi connectivity index (χ3n) is 4.86. The van der Waals surface area contributed by atoms with Crippen LogP contribution in [0.4, 0.5) is 0 Å². The number of benzene rings is 2. The normalized spacial score (nSPS) is 19.1. The second kappa shape index (κ2) is 7.40. The van der Waals surface area contributed by atoms with Gasteiger partial charge in [0.2, 0.25) is 0 Å². The Hall–Kier alpha value is -1.89. The van der Waals surface area contributed by atoms with Crippen LogP contribution >= 0.6 is 0 Å². The molecule has 3 rings (SSSR count). The molecule has 0 spiro atoms. The fraction of sp³-hybridized carbons (Fsp3) is 0.381. The summed E-state index contributed by atoms with van der Waals surface area (Å²) < 4.78 is 0. The van der Waals surface area contributed by atoms with Gasteiger partial charge < -0.3 is 0 Å². The standard InChI is InChI=1S/C21H24O/c22-21-15-9-3-8-14-19(21)16-20(17-10-4-1-5-11-17)18-12-6-2-7-13-18/h1-2,4-7,10-13,19-20H,3,8-9,14-16H2. The summed E-state index contributed by atoms with van der Waals surface area (Å²) >= 11 is 0. The molecule has 1 fully saturated rings. The zero-order chi connectivity index (χ0) is 15.2. The zero-order valence-corrected chi connectivity index (χ0v) is 13.1. The van der Waals surface area contributed by atoms with E-state index in [0.29, 0.717) is 11.7 Å². The lowest BCUT2D eigenvalue weighted by Gasteiger charge is -2.23. The minimum atomic E-state index is 0.230. The highest BCUT2D eigenvalue weighted by atomic mass is 16.1. The van der Waals surface area contributed by atoms with Gasteiger partial charge in [-0.25, -0.2) is 0 Å². The maximum Gasteiger partial charge on any atom is 0.136 e. The number of carbonyl (C=O) groups is 1. The van der Waals surface area contributed by atoms with Gasteiger partial charge in [-0.2, -0.15) is 0 Å². The van der Waals surface area contributed by atoms with Crippen molar-refractivity contribution < 1.29 is 4.79 Å². The van der Waals surface area contributed by atoms with Crippen molar-refractivity contribution in [1.29, 1.82) is 0 Å². The van der Waals surface area contributed by atoms with Crippen LogP contribution in [0.3, 0.4) is 0 Å². The summed E-state index contributed by atoms with van der Waals surface area (Å²) in [5.74, 6) is 1.04. The van der Waals surface area contributed by atoms with Gasteiger partial charge >= 0.3 is 0 Å². The molecule has 0 heterocycles. The molecule has 1 heteroatoms. The van der Waals surface area contributed by atoms with Crippen molar-refractivity contribution in [3.8, 4) is 0 Å². The van der Waals surface area contributed by atoms with E-state index in [1.807, 2.05) is 0 Å². The van der Waals surface area contributed by atoms with Crippen molar-refractivity contribution in [3.63, 3.8) is 0 Å². The largest absolute Gasteiger partial charge is 0.299 e. The van der Waals surface area contributed by atoms with Crippen LogP contribution in [0.2, 0.25) is 0 Å². The zero-order valence-electron chi connectivity index (χ0n) is 13.1. The summed E-state index contributed by atoms with van der Waals surface area (Å²) in [6.45, 7) is 0. The predicted molar refractivity (Wildman–Crippen MR) is 90.9 cm³/mol. The van der Waals surface area contributed by atoms with Crippen molar-refractivity contribution in [2.45, 2.75) is 44.4 Å². The molecule has 1 saturated carbocycles. The van der Waals surface area contributed by atoms with E-state index >= 15 is 0 Å². The van der Waals surface area contributed by atoms with Crippen molar-refractivity contribution in [1.82, 2.24) is 0 Å². The lowest BCUT2D eigenvalue weighted by molar-refractivity contribution is -0.123. The van der Waals surface area contributed by atoms with Crippen LogP contribution in [0.5, 0.6) is 0 Å². The van der Waals surface area contributed by atoms with Crippen molar-refractivity contribution in [3.05, 3.63) is 71.8 Å². The molecule has 2 aromatic carbocycles. The van der Waals surface area contributed by atoms with Crippen molar-refractivity contribution >= 4 is 5.78 Å². The molecule has 0 amide bonds. The topological polar surface area (TPSA) is 17.1 Å². The molecule has 2 aromatic rings. The predicted octanol–water partition coefficient (Wildman–Crippen LogP) is 5.36. The Labute approximate surface area is 133 Å². The first kappa shape index (κ1) is 15.0. The Kier molecular flexibility index (Phi) is 5.05. The number of rotatable bonds is 4. The van der Waals surface area contributed by atoms with Crippen LogP contribution in [0.25, 0.3) is 0 Å². The average Bonchev–Trinajstić information content (AvgIpc) is 2.78. The summed E-state index contributed by atoms with van der Waals surface area (Å²) in [6, 6.07) is 21.3. The summed E-state index contributed by atoms with van der Waals surface area (Å²) in [5, 5.41) is 0. The van der Waals surface area contributed by atoms with Gasteiger partial charge in [0.25, 0.3) is 0 Å². The smallest absolute Gasteiger partial charge is 0.136 e. The highest BCUT2D eigenvalue weighted by molar-refractivity contribution is 5.81. The number of carbonyl (C=O) groups excluding carboxylic acids is 1. The van der Waals surface area contributed by atoms with E-state index in [1.165, 1.54) is 24.0 Å². The molecule has 0 radical (unpaired) electrons. The van der Waals surface area contributed by atoms with E-state index in [4.69, 9.17) is 0 Å². The second-order valence-electron chi connectivity index (χ2n) is 6.37. The van der Waals surface area contributed by atoms with Gasteiger partial charge in [0, 0.05) is 18.3 Å². The molecule has 0 aliphatic heterocycles. The van der Waals surface area contributed by atoms with Crippen LogP contribution < -0.4 is 0 Å². The Balaban J connectivity index is 1.87. The summed E-state index contributed by atoms with van der Waals surface area (Å²) in [5.41, 5.74) is 2.65. The molecule has 1 unspecified atom stereocenters. The highest BCUT2D eigenvalue weighted by Crippen LogP contribution is 2.34. The lowest BCUT2D eigenvalue weighted by atomic mass is 9.81. The number of Topliss-reactive ketones (excluding diaryl/α,β-unsaturated/α-hetero) is 1. The van der Waals surface area contributed by atoms with Crippen molar-refractivity contribution in [2.24, 2.45) is 5.92 Å². The number of hydrogen-bond acceptors (Lipinski definition) is 1. The van der Waals surface area contributed by atoms with E-state index in [2.05, 4.69) is 60.7 Å². The van der Waals surface area contributed by atoms with Crippen LogP contribution in [0, 0.1) is 5.92 Å². The lowest BCUT2D eigenvalue weighted by Crippen LogP contribution is -2.17. The SMILES string of the molecule is O=C1CCCCCC1CC(c1ccccc1)c1ccccc1. The molecule has 1 aliphatic carbocycles. The molecular weight excluding hydrogens is 268 g/mol. The van der Waals surface area contributed by atoms with Crippen LogP contribution in [0.15, 0.2) is 60.7 Å². The molecule has 0 saturated heterocycles. The van der Waals surface area contributed by atoms with E-state index in [0.717, 1.165) is 25.7 Å². The molecule has 1 aliphatic rings. The maximum atomic E-state index is 12.4. The third-order valence-corrected chi connectivity index (χ3v) is 4.86. The highest BCUT2D eigenvalue weighted by Gasteiger charge is 2.25. The molecule has 1 nitrogen and oxygen atoms in total. The molecule has 114 valence electrons. The fourth-order valence-corrected chi connectivity index (χ4v) is 3.60. The molecule has 22 heavy (non-hydrogen) atoms. The summed E-state index contributed by atoms with van der Waals surface area (Å²) in [6.07, 6.45) is 6.29. The minimum absolute atomic E-state index is 0.230. The first-order valence-electron chi connectivity index (χ1n) is 8.47.